The van der Waals surface area contributed by atoms with Crippen molar-refractivity contribution in [3.05, 3.63) is 88.4 Å². The zero-order valence-corrected chi connectivity index (χ0v) is 19.3. The predicted molar refractivity (Wildman–Crippen MR) is 130 cm³/mol. The lowest BCUT2D eigenvalue weighted by Crippen LogP contribution is -2.32. The Morgan fingerprint density at radius 3 is 2.38 bits per heavy atom. The first-order valence-corrected chi connectivity index (χ1v) is 10.7. The molecule has 0 radical (unpaired) electrons. The number of aryl methyl sites for hydroxylation is 1. The van der Waals surface area contributed by atoms with E-state index in [2.05, 4.69) is 15.8 Å². The van der Waals surface area contributed by atoms with E-state index in [9.17, 15) is 14.4 Å². The fraction of sp³-hybridized carbons (Fsp3) is 0.120. The summed E-state index contributed by atoms with van der Waals surface area (Å²) in [6.45, 7) is 2.02. The van der Waals surface area contributed by atoms with Gasteiger partial charge in [-0.25, -0.2) is 10.2 Å². The van der Waals surface area contributed by atoms with Crippen LogP contribution in [0.15, 0.2) is 71.8 Å². The largest absolute Gasteiger partial charge is 0.493 e. The fourth-order valence-electron chi connectivity index (χ4n) is 2.86. The molecule has 0 atom stereocenters. The standard InChI is InChI=1S/C25H22ClN3O5/c1-3-16-8-11-18(12-9-16)28-23(30)24(31)29-27-15-17-10-13-21(22(14-17)33-2)34-25(32)19-6-4-5-7-20(19)26/h4-15H,3H2,1-2H3,(H,28,30)(H,29,31)/b27-15+. The van der Waals surface area contributed by atoms with Crippen LogP contribution >= 0.6 is 11.6 Å². The number of hydrazone groups is 1. The third-order valence-corrected chi connectivity index (χ3v) is 5.02. The summed E-state index contributed by atoms with van der Waals surface area (Å²) in [6.07, 6.45) is 2.20. The highest BCUT2D eigenvalue weighted by atomic mass is 35.5. The second-order valence-corrected chi connectivity index (χ2v) is 7.39. The van der Waals surface area contributed by atoms with Gasteiger partial charge in [-0.05, 0) is 60.0 Å². The molecule has 0 bridgehead atoms. The monoisotopic (exact) mass is 479 g/mol. The molecular formula is C25H22ClN3O5. The highest BCUT2D eigenvalue weighted by Gasteiger charge is 2.16. The molecule has 3 rings (SSSR count). The van der Waals surface area contributed by atoms with Crippen LogP contribution in [0.3, 0.4) is 0 Å². The first-order chi connectivity index (χ1) is 16.4. The zero-order chi connectivity index (χ0) is 24.5. The summed E-state index contributed by atoms with van der Waals surface area (Å²) in [5, 5.41) is 6.56. The number of amides is 2. The van der Waals surface area contributed by atoms with Crippen LogP contribution in [-0.4, -0.2) is 31.1 Å². The summed E-state index contributed by atoms with van der Waals surface area (Å²) in [5.41, 5.74) is 4.54. The van der Waals surface area contributed by atoms with Gasteiger partial charge in [-0.15, -0.1) is 0 Å². The highest BCUT2D eigenvalue weighted by molar-refractivity contribution is 6.39. The van der Waals surface area contributed by atoms with Gasteiger partial charge in [0.15, 0.2) is 11.5 Å². The van der Waals surface area contributed by atoms with Crippen molar-refractivity contribution in [2.45, 2.75) is 13.3 Å². The van der Waals surface area contributed by atoms with Crippen LogP contribution in [-0.2, 0) is 16.0 Å². The Morgan fingerprint density at radius 1 is 0.971 bits per heavy atom. The summed E-state index contributed by atoms with van der Waals surface area (Å²) in [5.74, 6) is -1.95. The van der Waals surface area contributed by atoms with Gasteiger partial charge in [0.1, 0.15) is 0 Å². The summed E-state index contributed by atoms with van der Waals surface area (Å²) >= 11 is 6.03. The lowest BCUT2D eigenvalue weighted by Gasteiger charge is -2.10. The Labute approximate surface area is 201 Å². The molecule has 9 heteroatoms. The van der Waals surface area contributed by atoms with Crippen LogP contribution in [0.2, 0.25) is 5.02 Å². The Kier molecular flexibility index (Phi) is 8.37. The molecule has 0 aliphatic rings. The van der Waals surface area contributed by atoms with Crippen molar-refractivity contribution < 1.29 is 23.9 Å². The molecule has 2 N–H and O–H groups in total. The van der Waals surface area contributed by atoms with Gasteiger partial charge in [0, 0.05) is 5.69 Å². The molecule has 2 amide bonds. The van der Waals surface area contributed by atoms with Crippen molar-refractivity contribution >= 4 is 41.3 Å². The number of hydrogen-bond acceptors (Lipinski definition) is 6. The number of benzene rings is 3. The molecule has 0 aliphatic heterocycles. The van der Waals surface area contributed by atoms with E-state index in [1.165, 1.54) is 19.4 Å². The molecule has 8 nitrogen and oxygen atoms in total. The molecule has 34 heavy (non-hydrogen) atoms. The van der Waals surface area contributed by atoms with E-state index in [1.807, 2.05) is 19.1 Å². The van der Waals surface area contributed by atoms with Crippen molar-refractivity contribution in [1.82, 2.24) is 5.43 Å². The first-order valence-electron chi connectivity index (χ1n) is 10.3. The Morgan fingerprint density at radius 2 is 1.71 bits per heavy atom. The molecule has 0 unspecified atom stereocenters. The van der Waals surface area contributed by atoms with E-state index in [0.717, 1.165) is 12.0 Å². The van der Waals surface area contributed by atoms with Gasteiger partial charge in [0.2, 0.25) is 0 Å². The molecule has 0 fully saturated rings. The van der Waals surface area contributed by atoms with E-state index in [1.54, 1.807) is 48.5 Å². The molecule has 0 heterocycles. The molecule has 0 aliphatic carbocycles. The maximum atomic E-state index is 12.4. The number of nitrogens with one attached hydrogen (secondary N) is 2. The third kappa shape index (κ3) is 6.43. The number of ether oxygens (including phenoxy) is 2. The molecule has 0 aromatic heterocycles. The quantitative estimate of drug-likeness (QED) is 0.173. The second kappa shape index (κ2) is 11.6. The van der Waals surface area contributed by atoms with E-state index < -0.39 is 17.8 Å². The minimum Gasteiger partial charge on any atom is -0.493 e. The van der Waals surface area contributed by atoms with Crippen LogP contribution in [0.5, 0.6) is 11.5 Å². The average Bonchev–Trinajstić information content (AvgIpc) is 2.85. The first kappa shape index (κ1) is 24.5. The summed E-state index contributed by atoms with van der Waals surface area (Å²) < 4.78 is 10.7. The van der Waals surface area contributed by atoms with Gasteiger partial charge in [-0.3, -0.25) is 9.59 Å². The number of nitrogens with zero attached hydrogens (tertiary/aromatic N) is 1. The van der Waals surface area contributed by atoms with Crippen molar-refractivity contribution in [2.24, 2.45) is 5.10 Å². The maximum absolute atomic E-state index is 12.4. The molecule has 0 saturated carbocycles. The van der Waals surface area contributed by atoms with Crippen LogP contribution in [0.25, 0.3) is 0 Å². The summed E-state index contributed by atoms with van der Waals surface area (Å²) in [6, 6.07) is 18.4. The molecule has 174 valence electrons. The number of anilines is 1. The normalized spacial score (nSPS) is 10.6. The predicted octanol–water partition coefficient (Wildman–Crippen LogP) is 4.22. The molecule has 0 saturated heterocycles. The van der Waals surface area contributed by atoms with Gasteiger partial charge in [-0.1, -0.05) is 42.8 Å². The minimum absolute atomic E-state index is 0.182. The summed E-state index contributed by atoms with van der Waals surface area (Å²) in [4.78, 5) is 36.4. The van der Waals surface area contributed by atoms with E-state index >= 15 is 0 Å². The Bertz CT molecular complexity index is 1230. The number of methoxy groups -OCH3 is 1. The minimum atomic E-state index is -0.923. The van der Waals surface area contributed by atoms with Gasteiger partial charge in [0.25, 0.3) is 0 Å². The van der Waals surface area contributed by atoms with E-state index in [4.69, 9.17) is 21.1 Å². The van der Waals surface area contributed by atoms with Gasteiger partial charge >= 0.3 is 17.8 Å². The molecule has 3 aromatic rings. The Hall–Kier alpha value is -4.17. The smallest absolute Gasteiger partial charge is 0.345 e. The fourth-order valence-corrected chi connectivity index (χ4v) is 3.07. The van der Waals surface area contributed by atoms with Crippen molar-refractivity contribution in [3.63, 3.8) is 0 Å². The number of halogens is 1. The van der Waals surface area contributed by atoms with Gasteiger partial charge in [0.05, 0.1) is 23.9 Å². The number of hydrogen-bond donors (Lipinski definition) is 2. The number of rotatable bonds is 7. The van der Waals surface area contributed by atoms with Gasteiger partial charge < -0.3 is 14.8 Å². The molecule has 3 aromatic carbocycles. The van der Waals surface area contributed by atoms with E-state index in [0.29, 0.717) is 11.3 Å². The number of carbonyl (C=O) groups excluding carboxylic acids is 3. The number of esters is 1. The van der Waals surface area contributed by atoms with E-state index in [-0.39, 0.29) is 22.1 Å². The molecular weight excluding hydrogens is 458 g/mol. The topological polar surface area (TPSA) is 106 Å². The highest BCUT2D eigenvalue weighted by Crippen LogP contribution is 2.29. The van der Waals surface area contributed by atoms with Crippen molar-refractivity contribution in [2.75, 3.05) is 12.4 Å². The summed E-state index contributed by atoms with van der Waals surface area (Å²) in [7, 11) is 1.42. The third-order valence-electron chi connectivity index (χ3n) is 4.69. The second-order valence-electron chi connectivity index (χ2n) is 6.98. The SMILES string of the molecule is CCc1ccc(NC(=O)C(=O)N/N=C/c2ccc(OC(=O)c3ccccc3Cl)c(OC)c2)cc1. The van der Waals surface area contributed by atoms with Crippen LogP contribution < -0.4 is 20.2 Å². The van der Waals surface area contributed by atoms with Crippen molar-refractivity contribution in [1.29, 1.82) is 0 Å². The van der Waals surface area contributed by atoms with Gasteiger partial charge in [-0.2, -0.15) is 5.10 Å². The number of carbonyl (C=O) groups is 3. The zero-order valence-electron chi connectivity index (χ0n) is 18.5. The van der Waals surface area contributed by atoms with Crippen LogP contribution in [0, 0.1) is 0 Å². The van der Waals surface area contributed by atoms with Crippen LogP contribution in [0.1, 0.15) is 28.4 Å². The Balaban J connectivity index is 1.60. The average molecular weight is 480 g/mol. The lowest BCUT2D eigenvalue weighted by atomic mass is 10.1. The van der Waals surface area contributed by atoms with Crippen molar-refractivity contribution in [3.8, 4) is 11.5 Å². The maximum Gasteiger partial charge on any atom is 0.345 e. The lowest BCUT2D eigenvalue weighted by molar-refractivity contribution is -0.136. The van der Waals surface area contributed by atoms with Crippen LogP contribution in [0.4, 0.5) is 5.69 Å². The molecule has 0 spiro atoms.